The summed E-state index contributed by atoms with van der Waals surface area (Å²) in [6.45, 7) is 0.306. The van der Waals surface area contributed by atoms with Crippen LogP contribution in [-0.4, -0.2) is 23.4 Å². The molecule has 0 amide bonds. The Morgan fingerprint density at radius 1 is 0.967 bits per heavy atom. The number of pyridine rings is 1. The van der Waals surface area contributed by atoms with Crippen molar-refractivity contribution in [3.05, 3.63) is 82.4 Å². The van der Waals surface area contributed by atoms with E-state index >= 15 is 0 Å². The van der Waals surface area contributed by atoms with Crippen LogP contribution in [0.4, 0.5) is 10.3 Å². The first-order chi connectivity index (χ1) is 14.3. The van der Waals surface area contributed by atoms with Crippen LogP contribution in [0.25, 0.3) is 22.3 Å². The van der Waals surface area contributed by atoms with E-state index in [1.54, 1.807) is 36.4 Å². The molecule has 0 spiro atoms. The highest BCUT2D eigenvalue weighted by molar-refractivity contribution is 7.89. The molecule has 0 saturated heterocycles. The summed E-state index contributed by atoms with van der Waals surface area (Å²) in [7, 11) is -3.75. The number of benzene rings is 2. The summed E-state index contributed by atoms with van der Waals surface area (Å²) in [6.07, 6.45) is 0. The van der Waals surface area contributed by atoms with Crippen molar-refractivity contribution < 1.29 is 12.8 Å². The minimum Gasteiger partial charge on any atom is -0.352 e. The van der Waals surface area contributed by atoms with Crippen LogP contribution in [0.5, 0.6) is 0 Å². The van der Waals surface area contributed by atoms with Crippen molar-refractivity contribution in [2.45, 2.75) is 11.4 Å². The Morgan fingerprint density at radius 2 is 1.67 bits per heavy atom. The van der Waals surface area contributed by atoms with E-state index in [4.69, 9.17) is 5.14 Å². The van der Waals surface area contributed by atoms with Gasteiger partial charge in [-0.3, -0.25) is 9.78 Å². The first-order valence-corrected chi connectivity index (χ1v) is 10.4. The van der Waals surface area contributed by atoms with E-state index in [1.165, 1.54) is 24.3 Å². The van der Waals surface area contributed by atoms with Gasteiger partial charge in [-0.1, -0.05) is 12.1 Å². The van der Waals surface area contributed by atoms with Gasteiger partial charge in [0.1, 0.15) is 5.82 Å². The zero-order valence-electron chi connectivity index (χ0n) is 15.5. The van der Waals surface area contributed by atoms with Gasteiger partial charge in [0.2, 0.25) is 16.0 Å². The largest absolute Gasteiger partial charge is 0.352 e. The van der Waals surface area contributed by atoms with Gasteiger partial charge in [-0.2, -0.15) is 0 Å². The van der Waals surface area contributed by atoms with Crippen LogP contribution in [0.3, 0.4) is 0 Å². The normalized spacial score (nSPS) is 11.5. The number of anilines is 1. The van der Waals surface area contributed by atoms with Crippen molar-refractivity contribution in [3.63, 3.8) is 0 Å². The highest BCUT2D eigenvalue weighted by Gasteiger charge is 2.09. The SMILES string of the molecule is NS(=O)(=O)c1ccc(CNc2nc3ccc(-c4ccc(F)cc4)nc3c(=O)[nH]2)cc1. The fraction of sp³-hybridized carbons (Fsp3) is 0.0500. The summed E-state index contributed by atoms with van der Waals surface area (Å²) in [5, 5.41) is 8.07. The topological polar surface area (TPSA) is 131 Å². The molecule has 0 aliphatic carbocycles. The number of aromatic nitrogens is 3. The summed E-state index contributed by atoms with van der Waals surface area (Å²) in [6, 6.07) is 15.2. The summed E-state index contributed by atoms with van der Waals surface area (Å²) in [5.74, 6) is -0.103. The molecule has 0 aliphatic rings. The van der Waals surface area contributed by atoms with E-state index in [9.17, 15) is 17.6 Å². The predicted molar refractivity (Wildman–Crippen MR) is 111 cm³/mol. The fourth-order valence-corrected chi connectivity index (χ4v) is 3.39. The monoisotopic (exact) mass is 425 g/mol. The third kappa shape index (κ3) is 4.19. The lowest BCUT2D eigenvalue weighted by molar-refractivity contribution is 0.597. The Hall–Kier alpha value is -3.63. The van der Waals surface area contributed by atoms with Crippen molar-refractivity contribution >= 4 is 27.0 Å². The van der Waals surface area contributed by atoms with Gasteiger partial charge in [-0.25, -0.2) is 27.9 Å². The molecule has 30 heavy (non-hydrogen) atoms. The van der Waals surface area contributed by atoms with Crippen LogP contribution in [0, 0.1) is 5.82 Å². The van der Waals surface area contributed by atoms with Crippen molar-refractivity contribution in [2.75, 3.05) is 5.32 Å². The maximum atomic E-state index is 13.1. The van der Waals surface area contributed by atoms with Gasteiger partial charge >= 0.3 is 0 Å². The number of nitrogens with zero attached hydrogens (tertiary/aromatic N) is 2. The molecular weight excluding hydrogens is 409 g/mol. The molecule has 4 N–H and O–H groups in total. The lowest BCUT2D eigenvalue weighted by Crippen LogP contribution is -2.15. The number of nitrogens with one attached hydrogen (secondary N) is 2. The van der Waals surface area contributed by atoms with Crippen LogP contribution in [0.2, 0.25) is 0 Å². The van der Waals surface area contributed by atoms with Crippen LogP contribution in [0.15, 0.2) is 70.4 Å². The van der Waals surface area contributed by atoms with E-state index < -0.39 is 15.6 Å². The summed E-state index contributed by atoms with van der Waals surface area (Å²) >= 11 is 0. The van der Waals surface area contributed by atoms with Crippen LogP contribution >= 0.6 is 0 Å². The van der Waals surface area contributed by atoms with Gasteiger partial charge in [0.15, 0.2) is 5.52 Å². The molecule has 0 fully saturated rings. The van der Waals surface area contributed by atoms with E-state index in [-0.39, 0.29) is 22.2 Å². The van der Waals surface area contributed by atoms with E-state index in [1.807, 2.05) is 0 Å². The average molecular weight is 425 g/mol. The molecule has 0 unspecified atom stereocenters. The van der Waals surface area contributed by atoms with Crippen LogP contribution in [-0.2, 0) is 16.6 Å². The average Bonchev–Trinajstić information content (AvgIpc) is 2.72. The molecule has 4 rings (SSSR count). The Balaban J connectivity index is 1.56. The van der Waals surface area contributed by atoms with Gasteiger partial charge in [0.25, 0.3) is 5.56 Å². The molecular formula is C20H16FN5O3S. The Kier molecular flexibility index (Phi) is 5.02. The number of rotatable bonds is 5. The fourth-order valence-electron chi connectivity index (χ4n) is 2.87. The van der Waals surface area contributed by atoms with E-state index in [0.717, 1.165) is 5.56 Å². The lowest BCUT2D eigenvalue weighted by Gasteiger charge is -2.08. The zero-order chi connectivity index (χ0) is 21.3. The summed E-state index contributed by atoms with van der Waals surface area (Å²) in [5.41, 5.74) is 2.14. The van der Waals surface area contributed by atoms with Gasteiger partial charge < -0.3 is 5.32 Å². The van der Waals surface area contributed by atoms with Gasteiger partial charge in [-0.05, 0) is 54.1 Å². The highest BCUT2D eigenvalue weighted by Crippen LogP contribution is 2.19. The van der Waals surface area contributed by atoms with Gasteiger partial charge in [0, 0.05) is 12.1 Å². The van der Waals surface area contributed by atoms with Crippen molar-refractivity contribution in [2.24, 2.45) is 5.14 Å². The first kappa shape index (κ1) is 19.7. The minimum atomic E-state index is -3.75. The maximum Gasteiger partial charge on any atom is 0.278 e. The molecule has 0 radical (unpaired) electrons. The Labute approximate surface area is 170 Å². The molecule has 8 nitrogen and oxygen atoms in total. The Morgan fingerprint density at radius 3 is 2.33 bits per heavy atom. The van der Waals surface area contributed by atoms with Gasteiger partial charge in [-0.15, -0.1) is 0 Å². The molecule has 2 aromatic heterocycles. The number of aromatic amines is 1. The molecule has 4 aromatic rings. The van der Waals surface area contributed by atoms with E-state index in [2.05, 4.69) is 20.3 Å². The number of halogens is 1. The van der Waals surface area contributed by atoms with Crippen molar-refractivity contribution in [3.8, 4) is 11.3 Å². The summed E-state index contributed by atoms with van der Waals surface area (Å²) < 4.78 is 35.7. The number of nitrogens with two attached hydrogens (primary N) is 1. The second-order valence-electron chi connectivity index (χ2n) is 6.53. The first-order valence-electron chi connectivity index (χ1n) is 8.82. The smallest absolute Gasteiger partial charge is 0.278 e. The number of primary sulfonamides is 1. The number of sulfonamides is 1. The number of hydrogen-bond acceptors (Lipinski definition) is 6. The molecule has 152 valence electrons. The molecule has 0 saturated carbocycles. The minimum absolute atomic E-state index is 0.0199. The lowest BCUT2D eigenvalue weighted by atomic mass is 10.1. The third-order valence-corrected chi connectivity index (χ3v) is 5.33. The van der Waals surface area contributed by atoms with Crippen molar-refractivity contribution in [1.29, 1.82) is 0 Å². The number of fused-ring (bicyclic) bond motifs is 1. The Bertz CT molecular complexity index is 1390. The predicted octanol–water partition coefficient (Wildman–Crippen LogP) is 2.38. The zero-order valence-corrected chi connectivity index (χ0v) is 16.3. The van der Waals surface area contributed by atoms with Crippen molar-refractivity contribution in [1.82, 2.24) is 15.0 Å². The second kappa shape index (κ2) is 7.65. The number of hydrogen-bond donors (Lipinski definition) is 3. The molecule has 0 bridgehead atoms. The third-order valence-electron chi connectivity index (χ3n) is 4.41. The standard InChI is InChI=1S/C20H16FN5O3S/c21-14-5-3-13(4-6-14)16-9-10-17-18(24-16)19(27)26-20(25-17)23-11-12-1-7-15(8-2-12)30(22,28)29/h1-10H,11H2,(H2,22,28,29)(H2,23,25,26,27). The van der Waals surface area contributed by atoms with Crippen LogP contribution in [0.1, 0.15) is 5.56 Å². The van der Waals surface area contributed by atoms with E-state index in [0.29, 0.717) is 23.3 Å². The van der Waals surface area contributed by atoms with Crippen LogP contribution < -0.4 is 16.0 Å². The maximum absolute atomic E-state index is 13.1. The second-order valence-corrected chi connectivity index (χ2v) is 8.09. The molecule has 10 heteroatoms. The molecule has 2 heterocycles. The molecule has 0 aliphatic heterocycles. The highest BCUT2D eigenvalue weighted by atomic mass is 32.2. The molecule has 0 atom stereocenters. The van der Waals surface area contributed by atoms with Gasteiger partial charge in [0.05, 0.1) is 16.1 Å². The number of H-pyrrole nitrogens is 1. The summed E-state index contributed by atoms with van der Waals surface area (Å²) in [4.78, 5) is 23.8. The molecule has 2 aromatic carbocycles. The quantitative estimate of drug-likeness (QED) is 0.450.